The van der Waals surface area contributed by atoms with Crippen molar-refractivity contribution in [3.8, 4) is 0 Å². The Bertz CT molecular complexity index is 346. The van der Waals surface area contributed by atoms with Crippen molar-refractivity contribution in [3.05, 3.63) is 35.9 Å². The third kappa shape index (κ3) is 3.07. The molecule has 1 unspecified atom stereocenters. The largest absolute Gasteiger partial charge is 0.480 e. The number of carbonyl (C=O) groups is 1. The van der Waals surface area contributed by atoms with Crippen molar-refractivity contribution in [1.82, 2.24) is 5.32 Å². The molecule has 0 radical (unpaired) electrons. The molecule has 88 valence electrons. The summed E-state index contributed by atoms with van der Waals surface area (Å²) in [6.07, 6.45) is 0.862. The Morgan fingerprint density at radius 1 is 1.38 bits per heavy atom. The third-order valence-corrected chi connectivity index (χ3v) is 2.68. The van der Waals surface area contributed by atoms with Gasteiger partial charge in [0.25, 0.3) is 0 Å². The van der Waals surface area contributed by atoms with Crippen LogP contribution in [0.25, 0.3) is 0 Å². The van der Waals surface area contributed by atoms with Crippen molar-refractivity contribution in [2.45, 2.75) is 38.8 Å². The minimum Gasteiger partial charge on any atom is -0.480 e. The summed E-state index contributed by atoms with van der Waals surface area (Å²) in [6, 6.07) is 9.99. The maximum absolute atomic E-state index is 11.0. The number of hydrogen-bond acceptors (Lipinski definition) is 2. The van der Waals surface area contributed by atoms with Gasteiger partial charge in [-0.25, -0.2) is 0 Å². The van der Waals surface area contributed by atoms with E-state index in [9.17, 15) is 4.79 Å². The number of carboxylic acids is 1. The average molecular weight is 221 g/mol. The monoisotopic (exact) mass is 221 g/mol. The highest BCUT2D eigenvalue weighted by Gasteiger charge is 2.29. The molecule has 0 bridgehead atoms. The van der Waals surface area contributed by atoms with E-state index >= 15 is 0 Å². The van der Waals surface area contributed by atoms with Crippen molar-refractivity contribution in [2.24, 2.45) is 0 Å². The van der Waals surface area contributed by atoms with Crippen molar-refractivity contribution < 1.29 is 9.90 Å². The second-order valence-electron chi connectivity index (χ2n) is 4.45. The summed E-state index contributed by atoms with van der Waals surface area (Å²) in [4.78, 5) is 11.0. The van der Waals surface area contributed by atoms with Gasteiger partial charge in [-0.15, -0.1) is 0 Å². The fraction of sp³-hybridized carbons (Fsp3) is 0.462. The van der Waals surface area contributed by atoms with Crippen molar-refractivity contribution in [2.75, 3.05) is 0 Å². The van der Waals surface area contributed by atoms with E-state index < -0.39 is 11.5 Å². The minimum absolute atomic E-state index is 0.0762. The highest BCUT2D eigenvalue weighted by Crippen LogP contribution is 2.19. The predicted molar refractivity (Wildman–Crippen MR) is 64.3 cm³/mol. The quantitative estimate of drug-likeness (QED) is 0.803. The Morgan fingerprint density at radius 2 is 1.94 bits per heavy atom. The molecule has 1 atom stereocenters. The normalized spacial score (nSPS) is 13.4. The van der Waals surface area contributed by atoms with Crippen molar-refractivity contribution in [1.29, 1.82) is 0 Å². The molecule has 0 aliphatic carbocycles. The van der Waals surface area contributed by atoms with Gasteiger partial charge in [0.2, 0.25) is 0 Å². The molecule has 0 saturated heterocycles. The number of carboxylic acid groups (broad SMARTS) is 1. The fourth-order valence-corrected chi connectivity index (χ4v) is 1.60. The summed E-state index contributed by atoms with van der Waals surface area (Å²) in [5, 5.41) is 12.2. The number of benzene rings is 1. The Hall–Kier alpha value is -1.35. The molecule has 0 aliphatic rings. The molecule has 16 heavy (non-hydrogen) atoms. The molecule has 1 aromatic rings. The zero-order chi connectivity index (χ0) is 12.2. The summed E-state index contributed by atoms with van der Waals surface area (Å²) >= 11 is 0. The van der Waals surface area contributed by atoms with Gasteiger partial charge in [0.1, 0.15) is 5.54 Å². The van der Waals surface area contributed by atoms with E-state index in [0.717, 1.165) is 12.0 Å². The fourth-order valence-electron chi connectivity index (χ4n) is 1.60. The van der Waals surface area contributed by atoms with Gasteiger partial charge in [0.15, 0.2) is 0 Å². The van der Waals surface area contributed by atoms with Crippen LogP contribution in [0, 0.1) is 0 Å². The Kier molecular flexibility index (Phi) is 4.07. The molecule has 3 nitrogen and oxygen atoms in total. The number of rotatable bonds is 5. The molecule has 0 saturated carbocycles. The molecule has 0 spiro atoms. The molecule has 2 N–H and O–H groups in total. The molecule has 3 heteroatoms. The molecular formula is C13H19NO2. The lowest BCUT2D eigenvalue weighted by molar-refractivity contribution is -0.143. The first-order valence-corrected chi connectivity index (χ1v) is 5.53. The predicted octanol–water partition coefficient (Wildman–Crippen LogP) is 2.59. The topological polar surface area (TPSA) is 49.3 Å². The summed E-state index contributed by atoms with van der Waals surface area (Å²) in [6.45, 7) is 5.41. The smallest absolute Gasteiger partial charge is 0.323 e. The number of aliphatic carboxylic acids is 1. The van der Waals surface area contributed by atoms with Gasteiger partial charge >= 0.3 is 5.97 Å². The maximum Gasteiger partial charge on any atom is 0.323 e. The minimum atomic E-state index is -0.906. The van der Waals surface area contributed by atoms with E-state index in [2.05, 4.69) is 5.32 Å². The molecule has 1 aromatic carbocycles. The second-order valence-corrected chi connectivity index (χ2v) is 4.45. The second kappa shape index (κ2) is 5.12. The summed E-state index contributed by atoms with van der Waals surface area (Å²) in [5.41, 5.74) is 0.218. The molecule has 0 heterocycles. The maximum atomic E-state index is 11.0. The van der Waals surface area contributed by atoms with Gasteiger partial charge in [-0.3, -0.25) is 10.1 Å². The van der Waals surface area contributed by atoms with Gasteiger partial charge in [0, 0.05) is 6.04 Å². The van der Waals surface area contributed by atoms with Crippen LogP contribution in [-0.2, 0) is 4.79 Å². The van der Waals surface area contributed by atoms with Crippen LogP contribution in [0.1, 0.15) is 38.8 Å². The lowest BCUT2D eigenvalue weighted by atomic mass is 9.98. The first-order valence-electron chi connectivity index (χ1n) is 5.53. The van der Waals surface area contributed by atoms with E-state index in [0.29, 0.717) is 0 Å². The lowest BCUT2D eigenvalue weighted by Gasteiger charge is -2.28. The summed E-state index contributed by atoms with van der Waals surface area (Å²) in [7, 11) is 0. The summed E-state index contributed by atoms with van der Waals surface area (Å²) in [5.74, 6) is -0.832. The van der Waals surface area contributed by atoms with E-state index in [1.807, 2.05) is 37.3 Å². The van der Waals surface area contributed by atoms with Crippen LogP contribution in [0.4, 0.5) is 0 Å². The molecule has 0 fully saturated rings. The lowest BCUT2D eigenvalue weighted by Crippen LogP contribution is -2.48. The summed E-state index contributed by atoms with van der Waals surface area (Å²) < 4.78 is 0. The van der Waals surface area contributed by atoms with Crippen LogP contribution in [0.2, 0.25) is 0 Å². The van der Waals surface area contributed by atoms with E-state index in [1.54, 1.807) is 13.8 Å². The van der Waals surface area contributed by atoms with Crippen molar-refractivity contribution in [3.63, 3.8) is 0 Å². The van der Waals surface area contributed by atoms with E-state index in [4.69, 9.17) is 5.11 Å². The van der Waals surface area contributed by atoms with Crippen LogP contribution >= 0.6 is 0 Å². The molecule has 1 rings (SSSR count). The van der Waals surface area contributed by atoms with Crippen molar-refractivity contribution >= 4 is 5.97 Å². The van der Waals surface area contributed by atoms with E-state index in [-0.39, 0.29) is 6.04 Å². The molecule has 0 amide bonds. The standard InChI is InChI=1S/C13H19NO2/c1-4-11(10-8-6-5-7-9-10)14-13(2,3)12(15)16/h5-9,11,14H,4H2,1-3H3,(H,15,16). The highest BCUT2D eigenvalue weighted by molar-refractivity contribution is 5.77. The highest BCUT2D eigenvalue weighted by atomic mass is 16.4. The van der Waals surface area contributed by atoms with Gasteiger partial charge in [-0.05, 0) is 25.8 Å². The Balaban J connectivity index is 2.81. The Labute approximate surface area is 96.5 Å². The SMILES string of the molecule is CCC(NC(C)(C)C(=O)O)c1ccccc1. The van der Waals surface area contributed by atoms with E-state index in [1.165, 1.54) is 0 Å². The van der Waals surface area contributed by atoms with Gasteiger partial charge < -0.3 is 5.11 Å². The molecule has 0 aromatic heterocycles. The van der Waals surface area contributed by atoms with Crippen LogP contribution in [0.5, 0.6) is 0 Å². The zero-order valence-corrected chi connectivity index (χ0v) is 10.0. The van der Waals surface area contributed by atoms with Gasteiger partial charge in [0.05, 0.1) is 0 Å². The first-order chi connectivity index (χ1) is 7.47. The number of nitrogens with one attached hydrogen (secondary N) is 1. The van der Waals surface area contributed by atoms with Gasteiger partial charge in [-0.2, -0.15) is 0 Å². The number of hydrogen-bond donors (Lipinski definition) is 2. The van der Waals surface area contributed by atoms with Crippen LogP contribution in [0.3, 0.4) is 0 Å². The third-order valence-electron chi connectivity index (χ3n) is 2.68. The Morgan fingerprint density at radius 3 is 2.38 bits per heavy atom. The first kappa shape index (κ1) is 12.7. The van der Waals surface area contributed by atoms with Crippen LogP contribution in [-0.4, -0.2) is 16.6 Å². The average Bonchev–Trinajstić information content (AvgIpc) is 2.27. The molecule has 0 aliphatic heterocycles. The van der Waals surface area contributed by atoms with Crippen LogP contribution in [0.15, 0.2) is 30.3 Å². The zero-order valence-electron chi connectivity index (χ0n) is 10.0. The van der Waals surface area contributed by atoms with Gasteiger partial charge in [-0.1, -0.05) is 37.3 Å². The molecular weight excluding hydrogens is 202 g/mol. The van der Waals surface area contributed by atoms with Crippen LogP contribution < -0.4 is 5.32 Å².